The molecule has 3 N–H and O–H groups in total. The molecule has 1 amide bonds. The van der Waals surface area contributed by atoms with Crippen molar-refractivity contribution in [1.29, 1.82) is 0 Å². The van der Waals surface area contributed by atoms with Gasteiger partial charge in [0.25, 0.3) is 5.91 Å². The van der Waals surface area contributed by atoms with Gasteiger partial charge in [-0.25, -0.2) is 0 Å². The Balaban J connectivity index is 0.00000243. The summed E-state index contributed by atoms with van der Waals surface area (Å²) in [5, 5.41) is 2.89. The van der Waals surface area contributed by atoms with Crippen LogP contribution in [0.4, 0.5) is 5.69 Å². The Labute approximate surface area is 160 Å². The van der Waals surface area contributed by atoms with Crippen molar-refractivity contribution in [2.45, 2.75) is 25.4 Å². The highest BCUT2D eigenvalue weighted by molar-refractivity contribution is 6.04. The number of nitrogens with two attached hydrogens (primary N) is 1. The van der Waals surface area contributed by atoms with E-state index >= 15 is 0 Å². The van der Waals surface area contributed by atoms with Gasteiger partial charge in [0.2, 0.25) is 0 Å². The quantitative estimate of drug-likeness (QED) is 0.776. The van der Waals surface area contributed by atoms with Crippen LogP contribution in [0.3, 0.4) is 0 Å². The van der Waals surface area contributed by atoms with Gasteiger partial charge in [0.1, 0.15) is 12.4 Å². The molecule has 1 aliphatic heterocycles. The summed E-state index contributed by atoms with van der Waals surface area (Å²) < 4.78 is 11.3. The highest BCUT2D eigenvalue weighted by atomic mass is 35.5. The van der Waals surface area contributed by atoms with Crippen LogP contribution in [0, 0.1) is 0 Å². The van der Waals surface area contributed by atoms with E-state index in [9.17, 15) is 4.79 Å². The van der Waals surface area contributed by atoms with Crippen LogP contribution in [0.2, 0.25) is 0 Å². The van der Waals surface area contributed by atoms with E-state index in [4.69, 9.17) is 15.2 Å². The number of nitrogens with one attached hydrogen (secondary N) is 1. The summed E-state index contributed by atoms with van der Waals surface area (Å²) in [5.41, 5.74) is 8.03. The summed E-state index contributed by atoms with van der Waals surface area (Å²) >= 11 is 0. The molecule has 0 aliphatic carbocycles. The molecule has 26 heavy (non-hydrogen) atoms. The summed E-state index contributed by atoms with van der Waals surface area (Å²) in [6.07, 6.45) is 3.17. The zero-order valence-corrected chi connectivity index (χ0v) is 15.5. The summed E-state index contributed by atoms with van der Waals surface area (Å²) in [6.45, 7) is 2.00. The van der Waals surface area contributed by atoms with Gasteiger partial charge in [0.05, 0.1) is 6.10 Å². The Bertz CT molecular complexity index is 683. The van der Waals surface area contributed by atoms with Gasteiger partial charge in [-0.1, -0.05) is 12.1 Å². The second-order valence-electron chi connectivity index (χ2n) is 6.16. The van der Waals surface area contributed by atoms with E-state index in [1.165, 1.54) is 0 Å². The molecule has 2 aromatic rings. The van der Waals surface area contributed by atoms with Crippen LogP contribution in [0.15, 0.2) is 48.5 Å². The minimum absolute atomic E-state index is 0. The van der Waals surface area contributed by atoms with Crippen LogP contribution in [-0.4, -0.2) is 31.8 Å². The Kier molecular flexibility index (Phi) is 7.91. The molecule has 0 saturated carbocycles. The van der Waals surface area contributed by atoms with E-state index in [-0.39, 0.29) is 24.4 Å². The molecular weight excluding hydrogens is 352 g/mol. The van der Waals surface area contributed by atoms with Crippen LogP contribution in [0.25, 0.3) is 0 Å². The zero-order valence-electron chi connectivity index (χ0n) is 14.6. The first kappa shape index (κ1) is 20.2. The molecule has 5 nitrogen and oxygen atoms in total. The first-order valence-corrected chi connectivity index (χ1v) is 8.69. The lowest BCUT2D eigenvalue weighted by Gasteiger charge is -2.12. The second-order valence-corrected chi connectivity index (χ2v) is 6.16. The van der Waals surface area contributed by atoms with E-state index < -0.39 is 0 Å². The number of hydrogen-bond acceptors (Lipinski definition) is 4. The molecule has 6 heteroatoms. The Morgan fingerprint density at radius 2 is 1.88 bits per heavy atom. The molecule has 0 bridgehead atoms. The monoisotopic (exact) mass is 376 g/mol. The van der Waals surface area contributed by atoms with Crippen molar-refractivity contribution in [2.75, 3.05) is 25.1 Å². The lowest BCUT2D eigenvalue weighted by atomic mass is 10.1. The number of carbonyl (C=O) groups excluding carboxylic acids is 1. The van der Waals surface area contributed by atoms with Crippen LogP contribution in [0.1, 0.15) is 28.8 Å². The molecule has 1 unspecified atom stereocenters. The number of rotatable bonds is 7. The molecule has 1 aliphatic rings. The average Bonchev–Trinajstić information content (AvgIpc) is 3.15. The van der Waals surface area contributed by atoms with Gasteiger partial charge in [-0.2, -0.15) is 0 Å². The first-order valence-electron chi connectivity index (χ1n) is 8.69. The fraction of sp³-hybridized carbons (Fsp3) is 0.350. The van der Waals surface area contributed by atoms with Crippen LogP contribution >= 0.6 is 12.4 Å². The zero-order chi connectivity index (χ0) is 17.5. The van der Waals surface area contributed by atoms with Crippen molar-refractivity contribution in [2.24, 2.45) is 5.73 Å². The summed E-state index contributed by atoms with van der Waals surface area (Å²) in [6, 6.07) is 14.9. The smallest absolute Gasteiger partial charge is 0.255 e. The number of ether oxygens (including phenoxy) is 2. The highest BCUT2D eigenvalue weighted by Gasteiger charge is 2.15. The van der Waals surface area contributed by atoms with Crippen molar-refractivity contribution >= 4 is 24.0 Å². The maximum atomic E-state index is 12.3. The normalized spacial score (nSPS) is 16.0. The van der Waals surface area contributed by atoms with Crippen LogP contribution in [-0.2, 0) is 11.2 Å². The van der Waals surface area contributed by atoms with E-state index in [0.717, 1.165) is 42.9 Å². The minimum Gasteiger partial charge on any atom is -0.491 e. The molecule has 1 saturated heterocycles. The lowest BCUT2D eigenvalue weighted by Crippen LogP contribution is -2.16. The molecule has 1 heterocycles. The second kappa shape index (κ2) is 10.2. The largest absolute Gasteiger partial charge is 0.491 e. The molecule has 0 radical (unpaired) electrons. The maximum Gasteiger partial charge on any atom is 0.255 e. The highest BCUT2D eigenvalue weighted by Crippen LogP contribution is 2.19. The van der Waals surface area contributed by atoms with Crippen molar-refractivity contribution in [3.63, 3.8) is 0 Å². The fourth-order valence-corrected chi connectivity index (χ4v) is 2.79. The SMILES string of the molecule is Cl.NCCc1ccc(C(=O)Nc2ccc(OCC3CCCO3)cc2)cc1. The number of carbonyl (C=O) groups is 1. The third-order valence-electron chi connectivity index (χ3n) is 4.22. The van der Waals surface area contributed by atoms with E-state index in [2.05, 4.69) is 5.32 Å². The van der Waals surface area contributed by atoms with Crippen molar-refractivity contribution in [3.05, 3.63) is 59.7 Å². The lowest BCUT2D eigenvalue weighted by molar-refractivity contribution is 0.0679. The predicted octanol–water partition coefficient (Wildman–Crippen LogP) is 3.42. The minimum atomic E-state index is -0.132. The van der Waals surface area contributed by atoms with Gasteiger partial charge in [-0.15, -0.1) is 12.4 Å². The number of benzene rings is 2. The van der Waals surface area contributed by atoms with Gasteiger partial charge in [0, 0.05) is 17.9 Å². The van der Waals surface area contributed by atoms with Crippen molar-refractivity contribution in [1.82, 2.24) is 0 Å². The third kappa shape index (κ3) is 5.73. The van der Waals surface area contributed by atoms with Gasteiger partial charge < -0.3 is 20.5 Å². The standard InChI is InChI=1S/C20H24N2O3.ClH/c21-12-11-15-3-5-16(6-4-15)20(23)22-17-7-9-18(10-8-17)25-14-19-2-1-13-24-19;/h3-10,19H,1-2,11-14,21H2,(H,22,23);1H. The Hall–Kier alpha value is -2.08. The molecule has 0 aromatic heterocycles. The summed E-state index contributed by atoms with van der Waals surface area (Å²) in [7, 11) is 0. The molecule has 1 fully saturated rings. The van der Waals surface area contributed by atoms with Crippen LogP contribution in [0.5, 0.6) is 5.75 Å². The first-order chi connectivity index (χ1) is 12.2. The molecule has 3 rings (SSSR count). The maximum absolute atomic E-state index is 12.3. The number of halogens is 1. The van der Waals surface area contributed by atoms with E-state index in [1.807, 2.05) is 48.5 Å². The average molecular weight is 377 g/mol. The van der Waals surface area contributed by atoms with Crippen molar-refractivity contribution < 1.29 is 14.3 Å². The predicted molar refractivity (Wildman–Crippen MR) is 105 cm³/mol. The number of amides is 1. The van der Waals surface area contributed by atoms with Gasteiger partial charge in [-0.3, -0.25) is 4.79 Å². The van der Waals surface area contributed by atoms with Crippen molar-refractivity contribution in [3.8, 4) is 5.75 Å². The van der Waals surface area contributed by atoms with Gasteiger partial charge in [-0.05, 0) is 67.8 Å². The fourth-order valence-electron chi connectivity index (χ4n) is 2.79. The topological polar surface area (TPSA) is 73.6 Å². The van der Waals surface area contributed by atoms with Gasteiger partial charge in [0.15, 0.2) is 0 Å². The van der Waals surface area contributed by atoms with E-state index in [1.54, 1.807) is 0 Å². The molecule has 140 valence electrons. The Morgan fingerprint density at radius 3 is 2.50 bits per heavy atom. The molecule has 0 spiro atoms. The summed E-state index contributed by atoms with van der Waals surface area (Å²) in [5.74, 6) is 0.645. The van der Waals surface area contributed by atoms with E-state index in [0.29, 0.717) is 18.7 Å². The third-order valence-corrected chi connectivity index (χ3v) is 4.22. The van der Waals surface area contributed by atoms with Crippen LogP contribution < -0.4 is 15.8 Å². The molecule has 1 atom stereocenters. The number of hydrogen-bond donors (Lipinski definition) is 2. The van der Waals surface area contributed by atoms with Gasteiger partial charge >= 0.3 is 0 Å². The number of anilines is 1. The Morgan fingerprint density at radius 1 is 1.15 bits per heavy atom. The summed E-state index contributed by atoms with van der Waals surface area (Å²) in [4.78, 5) is 12.3. The molecule has 2 aromatic carbocycles. The molecular formula is C20H25ClN2O3.